The van der Waals surface area contributed by atoms with E-state index >= 15 is 0 Å². The Morgan fingerprint density at radius 2 is 2.05 bits per heavy atom. The van der Waals surface area contributed by atoms with Gasteiger partial charge in [0, 0.05) is 10.9 Å². The molecule has 7 heteroatoms. The summed E-state index contributed by atoms with van der Waals surface area (Å²) >= 11 is 6.90. The summed E-state index contributed by atoms with van der Waals surface area (Å²) in [6.45, 7) is 2.56. The van der Waals surface area contributed by atoms with Gasteiger partial charge in [-0.25, -0.2) is 8.42 Å². The summed E-state index contributed by atoms with van der Waals surface area (Å²) < 4.78 is 29.7. The van der Waals surface area contributed by atoms with Crippen molar-refractivity contribution in [3.8, 4) is 5.75 Å². The lowest BCUT2D eigenvalue weighted by Crippen LogP contribution is -2.36. The average Bonchev–Trinajstić information content (AvgIpc) is 2.81. The predicted molar refractivity (Wildman–Crippen MR) is 86.5 cm³/mol. The minimum absolute atomic E-state index is 0.0320. The van der Waals surface area contributed by atoms with E-state index in [4.69, 9.17) is 17.0 Å². The summed E-state index contributed by atoms with van der Waals surface area (Å²) in [5.41, 5.74) is 0.940. The van der Waals surface area contributed by atoms with E-state index in [2.05, 4.69) is 0 Å². The minimum atomic E-state index is -2.93. The number of thioether (sulfide) groups is 1. The van der Waals surface area contributed by atoms with Crippen molar-refractivity contribution in [2.24, 2.45) is 0 Å². The number of nitrogens with zero attached hydrogens (tertiary/aromatic N) is 1. The lowest BCUT2D eigenvalue weighted by atomic mass is 10.2. The zero-order valence-electron chi connectivity index (χ0n) is 11.0. The fraction of sp³-hybridized carbons (Fsp3) is 0.462. The molecule has 108 valence electrons. The van der Waals surface area contributed by atoms with Crippen LogP contribution in [0.1, 0.15) is 6.92 Å². The number of rotatable bonds is 3. The predicted octanol–water partition coefficient (Wildman–Crippen LogP) is 2.09. The van der Waals surface area contributed by atoms with Crippen LogP contribution in [0.5, 0.6) is 5.75 Å². The Balaban J connectivity index is 1.87. The van der Waals surface area contributed by atoms with Crippen molar-refractivity contribution >= 4 is 43.8 Å². The molecule has 3 rings (SSSR count). The van der Waals surface area contributed by atoms with Crippen molar-refractivity contribution in [2.45, 2.75) is 18.2 Å². The van der Waals surface area contributed by atoms with Gasteiger partial charge in [-0.3, -0.25) is 0 Å². The molecule has 2 saturated heterocycles. The third kappa shape index (κ3) is 2.54. The van der Waals surface area contributed by atoms with Crippen molar-refractivity contribution in [3.63, 3.8) is 0 Å². The van der Waals surface area contributed by atoms with Crippen molar-refractivity contribution < 1.29 is 13.2 Å². The van der Waals surface area contributed by atoms with E-state index in [1.165, 1.54) is 11.8 Å². The van der Waals surface area contributed by atoms with Gasteiger partial charge in [0.2, 0.25) is 0 Å². The van der Waals surface area contributed by atoms with Gasteiger partial charge in [0.15, 0.2) is 9.84 Å². The van der Waals surface area contributed by atoms with Crippen molar-refractivity contribution in [2.75, 3.05) is 23.0 Å². The van der Waals surface area contributed by atoms with E-state index < -0.39 is 9.84 Å². The van der Waals surface area contributed by atoms with Crippen LogP contribution in [0.3, 0.4) is 0 Å². The fourth-order valence-electron chi connectivity index (χ4n) is 2.64. The Morgan fingerprint density at radius 1 is 1.35 bits per heavy atom. The number of sulfone groups is 1. The molecular weight excluding hydrogens is 314 g/mol. The smallest absolute Gasteiger partial charge is 0.153 e. The molecule has 0 aromatic heterocycles. The second-order valence-corrected chi connectivity index (χ2v) is 8.89. The third-order valence-electron chi connectivity index (χ3n) is 3.48. The van der Waals surface area contributed by atoms with E-state index in [9.17, 15) is 8.42 Å². The number of ether oxygens (including phenoxy) is 1. The summed E-state index contributed by atoms with van der Waals surface area (Å²) in [6.07, 6.45) is 0. The second-order valence-electron chi connectivity index (χ2n) is 4.86. The van der Waals surface area contributed by atoms with Crippen LogP contribution in [0.2, 0.25) is 0 Å². The molecule has 0 spiro atoms. The molecule has 0 bridgehead atoms. The number of anilines is 1. The Kier molecular flexibility index (Phi) is 3.68. The zero-order chi connectivity index (χ0) is 14.3. The summed E-state index contributed by atoms with van der Waals surface area (Å²) in [5, 5.41) is 0.0686. The first kappa shape index (κ1) is 14.2. The third-order valence-corrected chi connectivity index (χ3v) is 7.07. The molecule has 2 heterocycles. The SMILES string of the molecule is CCOc1ccc(N2C(=S)SC3CS(=O)(=O)CC32)cc1. The maximum absolute atomic E-state index is 11.8. The Labute approximate surface area is 128 Å². The van der Waals surface area contributed by atoms with Crippen molar-refractivity contribution in [1.29, 1.82) is 0 Å². The highest BCUT2D eigenvalue weighted by molar-refractivity contribution is 8.24. The van der Waals surface area contributed by atoms with Crippen LogP contribution in [0.25, 0.3) is 0 Å². The van der Waals surface area contributed by atoms with E-state index in [-0.39, 0.29) is 22.8 Å². The number of hydrogen-bond acceptors (Lipinski definition) is 5. The molecule has 4 nitrogen and oxygen atoms in total. The lowest BCUT2D eigenvalue weighted by molar-refractivity contribution is 0.340. The number of thiocarbonyl (C=S) groups is 1. The van der Waals surface area contributed by atoms with Gasteiger partial charge in [-0.2, -0.15) is 0 Å². The van der Waals surface area contributed by atoms with Crippen LogP contribution in [-0.2, 0) is 9.84 Å². The van der Waals surface area contributed by atoms with Crippen LogP contribution < -0.4 is 9.64 Å². The quantitative estimate of drug-likeness (QED) is 0.792. The molecule has 2 unspecified atom stereocenters. The van der Waals surface area contributed by atoms with Gasteiger partial charge >= 0.3 is 0 Å². The average molecular weight is 329 g/mol. The molecule has 1 aromatic rings. The van der Waals surface area contributed by atoms with Crippen LogP contribution >= 0.6 is 24.0 Å². The highest BCUT2D eigenvalue weighted by Crippen LogP contribution is 2.41. The van der Waals surface area contributed by atoms with Gasteiger partial charge in [-0.1, -0.05) is 24.0 Å². The van der Waals surface area contributed by atoms with Gasteiger partial charge in [-0.05, 0) is 31.2 Å². The maximum Gasteiger partial charge on any atom is 0.153 e. The van der Waals surface area contributed by atoms with E-state index in [1.807, 2.05) is 36.1 Å². The van der Waals surface area contributed by atoms with E-state index in [0.717, 1.165) is 15.8 Å². The van der Waals surface area contributed by atoms with Gasteiger partial charge < -0.3 is 9.64 Å². The van der Waals surface area contributed by atoms with Gasteiger partial charge in [-0.15, -0.1) is 0 Å². The largest absolute Gasteiger partial charge is 0.494 e. The number of benzene rings is 1. The number of hydrogen-bond donors (Lipinski definition) is 0. The minimum Gasteiger partial charge on any atom is -0.494 e. The first-order valence-electron chi connectivity index (χ1n) is 6.43. The molecule has 2 atom stereocenters. The lowest BCUT2D eigenvalue weighted by Gasteiger charge is -2.24. The summed E-state index contributed by atoms with van der Waals surface area (Å²) in [6, 6.07) is 7.62. The number of fused-ring (bicyclic) bond motifs is 1. The molecular formula is C13H15NO3S3. The first-order chi connectivity index (χ1) is 9.50. The molecule has 1 aromatic carbocycles. The summed E-state index contributed by atoms with van der Waals surface area (Å²) in [7, 11) is -2.93. The normalized spacial score (nSPS) is 27.6. The maximum atomic E-state index is 11.8. The van der Waals surface area contributed by atoms with Gasteiger partial charge in [0.05, 0.1) is 24.2 Å². The van der Waals surface area contributed by atoms with Crippen LogP contribution in [0, 0.1) is 0 Å². The highest BCUT2D eigenvalue weighted by Gasteiger charge is 2.48. The molecule has 0 N–H and O–H groups in total. The fourth-order valence-corrected chi connectivity index (χ4v) is 7.01. The second kappa shape index (κ2) is 5.20. The molecule has 0 amide bonds. The Morgan fingerprint density at radius 3 is 2.70 bits per heavy atom. The van der Waals surface area contributed by atoms with Crippen LogP contribution in [0.4, 0.5) is 5.69 Å². The molecule has 2 aliphatic rings. The van der Waals surface area contributed by atoms with Crippen LogP contribution in [-0.4, -0.2) is 42.1 Å². The van der Waals surface area contributed by atoms with Gasteiger partial charge in [0.25, 0.3) is 0 Å². The summed E-state index contributed by atoms with van der Waals surface area (Å²) in [5.74, 6) is 1.23. The molecule has 0 radical (unpaired) electrons. The first-order valence-corrected chi connectivity index (χ1v) is 9.54. The van der Waals surface area contributed by atoms with E-state index in [1.54, 1.807) is 0 Å². The summed E-state index contributed by atoms with van der Waals surface area (Å²) in [4.78, 5) is 1.98. The molecule has 2 fully saturated rings. The van der Waals surface area contributed by atoms with Gasteiger partial charge in [0.1, 0.15) is 10.1 Å². The topological polar surface area (TPSA) is 46.6 Å². The standard InChI is InChI=1S/C13H15NO3S3/c1-2-17-10-5-3-9(4-6-10)14-11-7-20(15,16)8-12(11)19-13(14)18/h3-6,11-12H,2,7-8H2,1H3. The highest BCUT2D eigenvalue weighted by atomic mass is 32.2. The molecule has 2 aliphatic heterocycles. The Hall–Kier alpha value is -0.790. The van der Waals surface area contributed by atoms with Crippen molar-refractivity contribution in [3.05, 3.63) is 24.3 Å². The molecule has 0 aliphatic carbocycles. The monoisotopic (exact) mass is 329 g/mol. The zero-order valence-corrected chi connectivity index (χ0v) is 13.4. The van der Waals surface area contributed by atoms with Crippen LogP contribution in [0.15, 0.2) is 24.3 Å². The molecule has 0 saturated carbocycles. The van der Waals surface area contributed by atoms with Crippen molar-refractivity contribution in [1.82, 2.24) is 0 Å². The molecule has 20 heavy (non-hydrogen) atoms. The Bertz CT molecular complexity index is 627. The van der Waals surface area contributed by atoms with E-state index in [0.29, 0.717) is 6.61 Å².